The maximum atomic E-state index is 10.5. The Morgan fingerprint density at radius 2 is 2.29 bits per heavy atom. The quantitative estimate of drug-likeness (QED) is 0.842. The summed E-state index contributed by atoms with van der Waals surface area (Å²) in [6.07, 6.45) is 1.87. The third-order valence-corrected chi connectivity index (χ3v) is 3.56. The topological polar surface area (TPSA) is 57.5 Å². The lowest BCUT2D eigenvalue weighted by atomic mass is 9.98. The Labute approximate surface area is 101 Å². The van der Waals surface area contributed by atoms with E-state index in [9.17, 15) is 9.90 Å². The maximum Gasteiger partial charge on any atom is 0.303 e. The number of carbonyl (C=O) groups is 1. The molecule has 3 heteroatoms. The van der Waals surface area contributed by atoms with Gasteiger partial charge in [0.05, 0.1) is 6.10 Å². The van der Waals surface area contributed by atoms with Gasteiger partial charge in [0, 0.05) is 6.42 Å². The molecule has 1 aliphatic carbocycles. The molecule has 3 nitrogen and oxygen atoms in total. The molecule has 2 rings (SSSR count). The normalized spacial score (nSPS) is 20.0. The molecule has 2 N–H and O–H groups in total. The van der Waals surface area contributed by atoms with Gasteiger partial charge in [-0.3, -0.25) is 4.79 Å². The Morgan fingerprint density at radius 3 is 3.00 bits per heavy atom. The zero-order valence-corrected chi connectivity index (χ0v) is 10.0. The van der Waals surface area contributed by atoms with Gasteiger partial charge in [-0.2, -0.15) is 0 Å². The average Bonchev–Trinajstić information content (AvgIpc) is 2.67. The van der Waals surface area contributed by atoms with E-state index in [-0.39, 0.29) is 12.8 Å². The highest BCUT2D eigenvalue weighted by Gasteiger charge is 2.20. The highest BCUT2D eigenvalue weighted by atomic mass is 16.4. The van der Waals surface area contributed by atoms with Crippen LogP contribution in [0, 0.1) is 0 Å². The van der Waals surface area contributed by atoms with Crippen LogP contribution >= 0.6 is 0 Å². The highest BCUT2D eigenvalue weighted by molar-refractivity contribution is 5.66. The number of hydrogen-bond acceptors (Lipinski definition) is 2. The number of aliphatic carboxylic acids is 1. The Morgan fingerprint density at radius 1 is 1.53 bits per heavy atom. The van der Waals surface area contributed by atoms with E-state index in [1.807, 2.05) is 12.1 Å². The van der Waals surface area contributed by atoms with Crippen LogP contribution in [0.25, 0.3) is 0 Å². The largest absolute Gasteiger partial charge is 0.481 e. The Bertz CT molecular complexity index is 425. The van der Waals surface area contributed by atoms with Gasteiger partial charge in [-0.25, -0.2) is 0 Å². The van der Waals surface area contributed by atoms with E-state index in [4.69, 9.17) is 5.11 Å². The minimum atomic E-state index is -0.862. The molecule has 0 fully saturated rings. The molecule has 0 spiro atoms. The number of fused-ring (bicyclic) bond motifs is 1. The molecule has 0 bridgehead atoms. The predicted molar refractivity (Wildman–Crippen MR) is 65.0 cm³/mol. The number of hydrogen-bond donors (Lipinski definition) is 2. The molecule has 0 heterocycles. The summed E-state index contributed by atoms with van der Waals surface area (Å²) in [5, 5.41) is 18.5. The van der Waals surface area contributed by atoms with E-state index in [0.29, 0.717) is 5.92 Å². The summed E-state index contributed by atoms with van der Waals surface area (Å²) < 4.78 is 0. The van der Waals surface area contributed by atoms with Crippen molar-refractivity contribution in [3.05, 3.63) is 34.9 Å². The number of carboxylic acid groups (broad SMARTS) is 1. The van der Waals surface area contributed by atoms with Crippen molar-refractivity contribution in [3.63, 3.8) is 0 Å². The summed E-state index contributed by atoms with van der Waals surface area (Å²) in [5.41, 5.74) is 3.53. The van der Waals surface area contributed by atoms with Gasteiger partial charge in [0.2, 0.25) is 0 Å². The van der Waals surface area contributed by atoms with Crippen LogP contribution in [-0.2, 0) is 11.2 Å². The summed E-state index contributed by atoms with van der Waals surface area (Å²) >= 11 is 0. The predicted octanol–water partition coefficient (Wildman–Crippen LogP) is 2.63. The van der Waals surface area contributed by atoms with Gasteiger partial charge in [-0.15, -0.1) is 0 Å². The first-order valence-corrected chi connectivity index (χ1v) is 6.10. The highest BCUT2D eigenvalue weighted by Crippen LogP contribution is 2.34. The Kier molecular flexibility index (Phi) is 3.48. The van der Waals surface area contributed by atoms with Gasteiger partial charge < -0.3 is 10.2 Å². The van der Waals surface area contributed by atoms with Gasteiger partial charge in [-0.05, 0) is 41.9 Å². The number of rotatable bonds is 4. The van der Waals surface area contributed by atoms with Crippen LogP contribution in [0.2, 0.25) is 0 Å². The first-order valence-electron chi connectivity index (χ1n) is 6.10. The fourth-order valence-electron chi connectivity index (χ4n) is 2.48. The second kappa shape index (κ2) is 4.88. The molecule has 0 aliphatic heterocycles. The summed E-state index contributed by atoms with van der Waals surface area (Å²) in [6.45, 7) is 2.21. The summed E-state index contributed by atoms with van der Waals surface area (Å²) in [6, 6.07) is 6.03. The molecule has 2 unspecified atom stereocenters. The molecule has 0 aromatic heterocycles. The molecule has 1 aromatic carbocycles. The van der Waals surface area contributed by atoms with Crippen molar-refractivity contribution in [2.24, 2.45) is 0 Å². The van der Waals surface area contributed by atoms with E-state index in [1.165, 1.54) is 17.5 Å². The number of aliphatic hydroxyl groups excluding tert-OH is 1. The van der Waals surface area contributed by atoms with E-state index < -0.39 is 12.1 Å². The van der Waals surface area contributed by atoms with E-state index in [0.717, 1.165) is 12.0 Å². The molecule has 17 heavy (non-hydrogen) atoms. The first kappa shape index (κ1) is 12.1. The van der Waals surface area contributed by atoms with Crippen molar-refractivity contribution in [2.45, 2.75) is 44.6 Å². The van der Waals surface area contributed by atoms with Crippen molar-refractivity contribution in [1.82, 2.24) is 0 Å². The molecule has 1 aliphatic rings. The fourth-order valence-corrected chi connectivity index (χ4v) is 2.48. The van der Waals surface area contributed by atoms with E-state index in [1.54, 1.807) is 0 Å². The number of carboxylic acids is 1. The van der Waals surface area contributed by atoms with E-state index >= 15 is 0 Å². The van der Waals surface area contributed by atoms with Gasteiger partial charge in [0.15, 0.2) is 0 Å². The van der Waals surface area contributed by atoms with Crippen LogP contribution in [0.15, 0.2) is 18.2 Å². The first-order chi connectivity index (χ1) is 8.08. The van der Waals surface area contributed by atoms with Gasteiger partial charge in [0.25, 0.3) is 0 Å². The summed E-state index contributed by atoms with van der Waals surface area (Å²) in [4.78, 5) is 10.5. The van der Waals surface area contributed by atoms with Crippen molar-refractivity contribution in [3.8, 4) is 0 Å². The molecule has 92 valence electrons. The SMILES string of the molecule is CC1CCc2cc(C(O)CCC(=O)O)ccc21. The summed E-state index contributed by atoms with van der Waals surface area (Å²) in [5.74, 6) is -0.256. The van der Waals surface area contributed by atoms with Crippen LogP contribution in [0.4, 0.5) is 0 Å². The van der Waals surface area contributed by atoms with Gasteiger partial charge in [-0.1, -0.05) is 25.1 Å². The monoisotopic (exact) mass is 234 g/mol. The van der Waals surface area contributed by atoms with Crippen LogP contribution in [0.3, 0.4) is 0 Å². The summed E-state index contributed by atoms with van der Waals surface area (Å²) in [7, 11) is 0. The number of aryl methyl sites for hydroxylation is 1. The molecule has 2 atom stereocenters. The third-order valence-electron chi connectivity index (χ3n) is 3.56. The minimum Gasteiger partial charge on any atom is -0.481 e. The van der Waals surface area contributed by atoms with Crippen molar-refractivity contribution in [1.29, 1.82) is 0 Å². The second-order valence-electron chi connectivity index (χ2n) is 4.85. The molecule has 0 amide bonds. The van der Waals surface area contributed by atoms with Crippen molar-refractivity contribution < 1.29 is 15.0 Å². The smallest absolute Gasteiger partial charge is 0.303 e. The zero-order valence-electron chi connectivity index (χ0n) is 10.0. The number of benzene rings is 1. The van der Waals surface area contributed by atoms with Crippen molar-refractivity contribution in [2.75, 3.05) is 0 Å². The van der Waals surface area contributed by atoms with Gasteiger partial charge >= 0.3 is 5.97 Å². The van der Waals surface area contributed by atoms with Crippen LogP contribution in [0.1, 0.15) is 54.9 Å². The third kappa shape index (κ3) is 2.67. The number of aliphatic hydroxyl groups is 1. The van der Waals surface area contributed by atoms with E-state index in [2.05, 4.69) is 13.0 Å². The molecule has 1 aromatic rings. The van der Waals surface area contributed by atoms with Crippen molar-refractivity contribution >= 4 is 5.97 Å². The fraction of sp³-hybridized carbons (Fsp3) is 0.500. The van der Waals surface area contributed by atoms with Crippen LogP contribution in [0.5, 0.6) is 0 Å². The maximum absolute atomic E-state index is 10.5. The lowest BCUT2D eigenvalue weighted by molar-refractivity contribution is -0.137. The molecular weight excluding hydrogens is 216 g/mol. The molecule has 0 saturated carbocycles. The lowest BCUT2D eigenvalue weighted by Gasteiger charge is -2.12. The molecule has 0 saturated heterocycles. The van der Waals surface area contributed by atoms with Crippen LogP contribution in [-0.4, -0.2) is 16.2 Å². The Balaban J connectivity index is 2.09. The standard InChI is InChI=1S/C14H18O3/c1-9-2-3-10-8-11(4-5-12(9)10)13(15)6-7-14(16)17/h4-5,8-9,13,15H,2-3,6-7H2,1H3,(H,16,17). The lowest BCUT2D eigenvalue weighted by Crippen LogP contribution is -2.03. The van der Waals surface area contributed by atoms with Crippen LogP contribution < -0.4 is 0 Å². The molecular formula is C14H18O3. The zero-order chi connectivity index (χ0) is 12.4. The Hall–Kier alpha value is -1.35. The minimum absolute atomic E-state index is 0.00859. The average molecular weight is 234 g/mol. The second-order valence-corrected chi connectivity index (χ2v) is 4.85. The van der Waals surface area contributed by atoms with Gasteiger partial charge in [0.1, 0.15) is 0 Å². The molecule has 0 radical (unpaired) electrons.